The SMILES string of the molecule is Cc1ccc(C#N)c(-n2cc(C(N)=O)cn2)n1. The maximum atomic E-state index is 11.0. The summed E-state index contributed by atoms with van der Waals surface area (Å²) < 4.78 is 1.37. The Labute approximate surface area is 97.3 Å². The van der Waals surface area contributed by atoms with Gasteiger partial charge in [0.1, 0.15) is 6.07 Å². The van der Waals surface area contributed by atoms with Gasteiger partial charge in [0.05, 0.1) is 17.3 Å². The fourth-order valence-electron chi connectivity index (χ4n) is 1.37. The number of aryl methyl sites for hydroxylation is 1. The summed E-state index contributed by atoms with van der Waals surface area (Å²) in [7, 11) is 0. The van der Waals surface area contributed by atoms with Crippen molar-refractivity contribution in [2.24, 2.45) is 5.73 Å². The highest BCUT2D eigenvalue weighted by Crippen LogP contribution is 2.12. The maximum Gasteiger partial charge on any atom is 0.251 e. The van der Waals surface area contributed by atoms with E-state index >= 15 is 0 Å². The Morgan fingerprint density at radius 2 is 2.29 bits per heavy atom. The van der Waals surface area contributed by atoms with Crippen molar-refractivity contribution in [1.82, 2.24) is 14.8 Å². The lowest BCUT2D eigenvalue weighted by atomic mass is 10.2. The van der Waals surface area contributed by atoms with Crippen LogP contribution in [0.5, 0.6) is 0 Å². The molecule has 2 aromatic heterocycles. The molecule has 0 bridgehead atoms. The van der Waals surface area contributed by atoms with Crippen LogP contribution in [-0.2, 0) is 0 Å². The number of pyridine rings is 1. The minimum absolute atomic E-state index is 0.275. The van der Waals surface area contributed by atoms with Crippen molar-refractivity contribution in [1.29, 1.82) is 5.26 Å². The zero-order valence-corrected chi connectivity index (χ0v) is 9.08. The molecule has 0 radical (unpaired) electrons. The average molecular weight is 227 g/mol. The lowest BCUT2D eigenvalue weighted by Crippen LogP contribution is -2.09. The minimum atomic E-state index is -0.567. The first-order valence-electron chi connectivity index (χ1n) is 4.84. The van der Waals surface area contributed by atoms with Crippen LogP contribution in [0.15, 0.2) is 24.5 Å². The third-order valence-electron chi connectivity index (χ3n) is 2.22. The van der Waals surface area contributed by atoms with Crippen molar-refractivity contribution < 1.29 is 4.79 Å². The standard InChI is InChI=1S/C11H9N5O/c1-7-2-3-8(4-12)11(15-7)16-6-9(5-14-16)10(13)17/h2-3,5-6H,1H3,(H2,13,17). The van der Waals surface area contributed by atoms with Gasteiger partial charge in [0, 0.05) is 11.9 Å². The first kappa shape index (κ1) is 10.8. The number of carbonyl (C=O) groups is 1. The van der Waals surface area contributed by atoms with E-state index < -0.39 is 5.91 Å². The molecule has 2 N–H and O–H groups in total. The van der Waals surface area contributed by atoms with Gasteiger partial charge in [-0.25, -0.2) is 9.67 Å². The number of hydrogen-bond donors (Lipinski definition) is 1. The lowest BCUT2D eigenvalue weighted by molar-refractivity contribution is 0.100. The fraction of sp³-hybridized carbons (Fsp3) is 0.0909. The van der Waals surface area contributed by atoms with E-state index in [4.69, 9.17) is 11.0 Å². The Bertz CT molecular complexity index is 623. The molecule has 6 heteroatoms. The molecule has 2 rings (SSSR count). The van der Waals surface area contributed by atoms with E-state index in [9.17, 15) is 4.79 Å². The van der Waals surface area contributed by atoms with E-state index in [1.165, 1.54) is 17.1 Å². The van der Waals surface area contributed by atoms with Crippen LogP contribution in [0.2, 0.25) is 0 Å². The summed E-state index contributed by atoms with van der Waals surface area (Å²) in [6, 6.07) is 5.41. The van der Waals surface area contributed by atoms with Crippen LogP contribution >= 0.6 is 0 Å². The monoisotopic (exact) mass is 227 g/mol. The number of hydrogen-bond acceptors (Lipinski definition) is 4. The van der Waals surface area contributed by atoms with Crippen molar-refractivity contribution in [2.75, 3.05) is 0 Å². The zero-order chi connectivity index (χ0) is 12.4. The van der Waals surface area contributed by atoms with Crippen molar-refractivity contribution in [2.45, 2.75) is 6.92 Å². The first-order valence-corrected chi connectivity index (χ1v) is 4.84. The second kappa shape index (κ2) is 4.06. The second-order valence-electron chi connectivity index (χ2n) is 3.47. The predicted molar refractivity (Wildman–Crippen MR) is 59.3 cm³/mol. The third kappa shape index (κ3) is 1.99. The van der Waals surface area contributed by atoms with Crippen LogP contribution < -0.4 is 5.73 Å². The van der Waals surface area contributed by atoms with E-state index in [0.29, 0.717) is 11.4 Å². The fourth-order valence-corrected chi connectivity index (χ4v) is 1.37. The Hall–Kier alpha value is -2.68. The molecule has 6 nitrogen and oxygen atoms in total. The number of rotatable bonds is 2. The van der Waals surface area contributed by atoms with E-state index in [0.717, 1.165) is 5.69 Å². The molecular formula is C11H9N5O. The normalized spacial score (nSPS) is 9.88. The van der Waals surface area contributed by atoms with E-state index in [1.54, 1.807) is 12.1 Å². The summed E-state index contributed by atoms with van der Waals surface area (Å²) in [4.78, 5) is 15.2. The van der Waals surface area contributed by atoms with Crippen molar-refractivity contribution >= 4 is 5.91 Å². The van der Waals surface area contributed by atoms with E-state index in [1.807, 2.05) is 13.0 Å². The highest BCUT2D eigenvalue weighted by atomic mass is 16.1. The van der Waals surface area contributed by atoms with Crippen LogP contribution in [0.1, 0.15) is 21.6 Å². The molecule has 1 amide bonds. The number of nitrogens with zero attached hydrogens (tertiary/aromatic N) is 4. The maximum absolute atomic E-state index is 11.0. The highest BCUT2D eigenvalue weighted by Gasteiger charge is 2.10. The van der Waals surface area contributed by atoms with Gasteiger partial charge in [-0.2, -0.15) is 10.4 Å². The molecule has 0 saturated heterocycles. The van der Waals surface area contributed by atoms with E-state index in [-0.39, 0.29) is 5.56 Å². The first-order chi connectivity index (χ1) is 8.11. The molecule has 2 aromatic rings. The van der Waals surface area contributed by atoms with Crippen molar-refractivity contribution in [3.8, 4) is 11.9 Å². The summed E-state index contributed by atoms with van der Waals surface area (Å²) in [5, 5.41) is 12.9. The van der Waals surface area contributed by atoms with Gasteiger partial charge in [-0.05, 0) is 19.1 Å². The van der Waals surface area contributed by atoms with Gasteiger partial charge in [0.2, 0.25) is 0 Å². The number of carbonyl (C=O) groups excluding carboxylic acids is 1. The smallest absolute Gasteiger partial charge is 0.251 e. The third-order valence-corrected chi connectivity index (χ3v) is 2.22. The van der Waals surface area contributed by atoms with Crippen LogP contribution in [0.3, 0.4) is 0 Å². The van der Waals surface area contributed by atoms with Crippen LogP contribution in [0.25, 0.3) is 5.82 Å². The van der Waals surface area contributed by atoms with Crippen LogP contribution in [-0.4, -0.2) is 20.7 Å². The van der Waals surface area contributed by atoms with Gasteiger partial charge in [-0.1, -0.05) is 0 Å². The minimum Gasteiger partial charge on any atom is -0.366 e. The van der Waals surface area contributed by atoms with Crippen molar-refractivity contribution in [3.05, 3.63) is 41.3 Å². The lowest BCUT2D eigenvalue weighted by Gasteiger charge is -2.03. The molecule has 0 aliphatic carbocycles. The molecule has 0 atom stereocenters. The number of primary amides is 1. The van der Waals surface area contributed by atoms with Crippen molar-refractivity contribution in [3.63, 3.8) is 0 Å². The molecule has 2 heterocycles. The molecule has 84 valence electrons. The van der Waals surface area contributed by atoms with Crippen LogP contribution in [0.4, 0.5) is 0 Å². The molecular weight excluding hydrogens is 218 g/mol. The molecule has 0 aromatic carbocycles. The molecule has 0 aliphatic heterocycles. The quantitative estimate of drug-likeness (QED) is 0.809. The summed E-state index contributed by atoms with van der Waals surface area (Å²) in [6.07, 6.45) is 2.79. The molecule has 0 fully saturated rings. The number of nitriles is 1. The van der Waals surface area contributed by atoms with Gasteiger partial charge in [-0.3, -0.25) is 4.79 Å². The summed E-state index contributed by atoms with van der Waals surface area (Å²) in [6.45, 7) is 1.81. The van der Waals surface area contributed by atoms with Gasteiger partial charge < -0.3 is 5.73 Å². The molecule has 0 spiro atoms. The number of amides is 1. The van der Waals surface area contributed by atoms with Gasteiger partial charge >= 0.3 is 0 Å². The Balaban J connectivity index is 2.56. The molecule has 0 unspecified atom stereocenters. The van der Waals surface area contributed by atoms with Gasteiger partial charge in [0.25, 0.3) is 5.91 Å². The van der Waals surface area contributed by atoms with Gasteiger partial charge in [-0.15, -0.1) is 0 Å². The summed E-state index contributed by atoms with van der Waals surface area (Å²) in [5.74, 6) is -0.178. The Morgan fingerprint density at radius 3 is 2.88 bits per heavy atom. The summed E-state index contributed by atoms with van der Waals surface area (Å²) in [5.41, 5.74) is 6.55. The molecule has 17 heavy (non-hydrogen) atoms. The van der Waals surface area contributed by atoms with E-state index in [2.05, 4.69) is 10.1 Å². The second-order valence-corrected chi connectivity index (χ2v) is 3.47. The average Bonchev–Trinajstić information content (AvgIpc) is 2.78. The zero-order valence-electron chi connectivity index (χ0n) is 9.08. The Kier molecular flexibility index (Phi) is 2.58. The summed E-state index contributed by atoms with van der Waals surface area (Å²) >= 11 is 0. The molecule has 0 saturated carbocycles. The highest BCUT2D eigenvalue weighted by molar-refractivity contribution is 5.92. The largest absolute Gasteiger partial charge is 0.366 e. The number of nitrogens with two attached hydrogens (primary N) is 1. The molecule has 0 aliphatic rings. The predicted octanol–water partition coefficient (Wildman–Crippen LogP) is 0.546. The van der Waals surface area contributed by atoms with Gasteiger partial charge in [0.15, 0.2) is 5.82 Å². The topological polar surface area (TPSA) is 97.6 Å². The number of aromatic nitrogens is 3. The Morgan fingerprint density at radius 1 is 1.53 bits per heavy atom. The van der Waals surface area contributed by atoms with Crippen LogP contribution in [0, 0.1) is 18.3 Å².